The highest BCUT2D eigenvalue weighted by atomic mass is 15.1. The van der Waals surface area contributed by atoms with E-state index < -0.39 is 0 Å². The molecule has 2 heterocycles. The van der Waals surface area contributed by atoms with Crippen molar-refractivity contribution >= 4 is 5.95 Å². The van der Waals surface area contributed by atoms with Crippen molar-refractivity contribution in [3.63, 3.8) is 0 Å². The zero-order valence-electron chi connectivity index (χ0n) is 8.15. The molecule has 0 radical (unpaired) electrons. The molecule has 0 amide bonds. The van der Waals surface area contributed by atoms with Crippen molar-refractivity contribution in [2.24, 2.45) is 0 Å². The molecule has 0 aliphatic rings. The van der Waals surface area contributed by atoms with Crippen molar-refractivity contribution in [3.05, 3.63) is 30.2 Å². The van der Waals surface area contributed by atoms with Crippen molar-refractivity contribution in [2.45, 2.75) is 6.92 Å². The third-order valence-corrected chi connectivity index (χ3v) is 2.01. The van der Waals surface area contributed by atoms with Gasteiger partial charge in [0.1, 0.15) is 0 Å². The van der Waals surface area contributed by atoms with E-state index in [4.69, 9.17) is 5.26 Å². The van der Waals surface area contributed by atoms with Crippen LogP contribution in [0.3, 0.4) is 0 Å². The third-order valence-electron chi connectivity index (χ3n) is 2.01. The number of hydrogen-bond acceptors (Lipinski definition) is 4. The highest BCUT2D eigenvalue weighted by Crippen LogP contribution is 2.20. The summed E-state index contributed by atoms with van der Waals surface area (Å²) in [6.45, 7) is 1.93. The first-order chi connectivity index (χ1) is 7.31. The van der Waals surface area contributed by atoms with Gasteiger partial charge >= 0.3 is 0 Å². The normalized spacial score (nSPS) is 9.60. The van der Waals surface area contributed by atoms with Gasteiger partial charge in [0.2, 0.25) is 5.95 Å². The molecule has 74 valence electrons. The minimum atomic E-state index is 0.319. The molecule has 5 nitrogen and oxygen atoms in total. The van der Waals surface area contributed by atoms with Crippen LogP contribution in [0.2, 0.25) is 0 Å². The van der Waals surface area contributed by atoms with Gasteiger partial charge in [0.15, 0.2) is 6.19 Å². The summed E-state index contributed by atoms with van der Waals surface area (Å²) < 4.78 is 0. The number of anilines is 1. The van der Waals surface area contributed by atoms with Crippen LogP contribution in [0.25, 0.3) is 11.3 Å². The average molecular weight is 199 g/mol. The zero-order chi connectivity index (χ0) is 10.7. The van der Waals surface area contributed by atoms with Crippen LogP contribution in [0.5, 0.6) is 0 Å². The summed E-state index contributed by atoms with van der Waals surface area (Å²) in [6, 6.07) is 1.92. The Balaban J connectivity index is 2.47. The van der Waals surface area contributed by atoms with Crippen molar-refractivity contribution in [1.29, 1.82) is 5.26 Å². The Bertz CT molecular complexity index is 495. The van der Waals surface area contributed by atoms with Crippen LogP contribution < -0.4 is 5.32 Å². The van der Waals surface area contributed by atoms with E-state index in [9.17, 15) is 0 Å². The average Bonchev–Trinajstić information content (AvgIpc) is 2.74. The summed E-state index contributed by atoms with van der Waals surface area (Å²) in [5, 5.41) is 10.9. The maximum atomic E-state index is 8.46. The first-order valence-corrected chi connectivity index (χ1v) is 4.43. The lowest BCUT2D eigenvalue weighted by molar-refractivity contribution is 1.14. The molecule has 15 heavy (non-hydrogen) atoms. The summed E-state index contributed by atoms with van der Waals surface area (Å²) in [6.07, 6.45) is 7.16. The number of aromatic nitrogens is 3. The first-order valence-electron chi connectivity index (χ1n) is 4.43. The van der Waals surface area contributed by atoms with Crippen molar-refractivity contribution in [2.75, 3.05) is 5.32 Å². The van der Waals surface area contributed by atoms with Gasteiger partial charge in [0.05, 0.1) is 5.69 Å². The van der Waals surface area contributed by atoms with Gasteiger partial charge in [0, 0.05) is 24.2 Å². The van der Waals surface area contributed by atoms with Crippen LogP contribution >= 0.6 is 0 Å². The highest BCUT2D eigenvalue weighted by molar-refractivity contribution is 5.62. The maximum Gasteiger partial charge on any atom is 0.236 e. The fraction of sp³-hybridized carbons (Fsp3) is 0.100. The molecule has 0 atom stereocenters. The van der Waals surface area contributed by atoms with Gasteiger partial charge in [-0.15, -0.1) is 0 Å². The van der Waals surface area contributed by atoms with Crippen LogP contribution in [0, 0.1) is 18.4 Å². The summed E-state index contributed by atoms with van der Waals surface area (Å²) in [7, 11) is 0. The van der Waals surface area contributed by atoms with E-state index in [2.05, 4.69) is 20.3 Å². The van der Waals surface area contributed by atoms with E-state index >= 15 is 0 Å². The number of H-pyrrole nitrogens is 1. The predicted octanol–water partition coefficient (Wildman–Crippen LogP) is 1.67. The molecule has 0 aliphatic heterocycles. The number of nitriles is 1. The molecule has 0 bridgehead atoms. The molecule has 0 fully saturated rings. The van der Waals surface area contributed by atoms with Gasteiger partial charge in [-0.1, -0.05) is 0 Å². The molecule has 2 rings (SSSR count). The summed E-state index contributed by atoms with van der Waals surface area (Å²) in [5.74, 6) is 0.319. The van der Waals surface area contributed by atoms with E-state index in [1.54, 1.807) is 12.4 Å². The number of aromatic amines is 1. The number of rotatable bonds is 2. The first kappa shape index (κ1) is 9.21. The summed E-state index contributed by atoms with van der Waals surface area (Å²) in [5.41, 5.74) is 2.78. The lowest BCUT2D eigenvalue weighted by Gasteiger charge is -2.03. The fourth-order valence-corrected chi connectivity index (χ4v) is 1.32. The smallest absolute Gasteiger partial charge is 0.236 e. The predicted molar refractivity (Wildman–Crippen MR) is 55.8 cm³/mol. The lowest BCUT2D eigenvalue weighted by Crippen LogP contribution is -1.98. The van der Waals surface area contributed by atoms with E-state index in [0.717, 1.165) is 16.8 Å². The molecule has 0 aliphatic carbocycles. The molecule has 0 spiro atoms. The summed E-state index contributed by atoms with van der Waals surface area (Å²) >= 11 is 0. The van der Waals surface area contributed by atoms with Crippen LogP contribution in [-0.2, 0) is 0 Å². The van der Waals surface area contributed by atoms with Crippen molar-refractivity contribution in [1.82, 2.24) is 15.0 Å². The van der Waals surface area contributed by atoms with Crippen LogP contribution in [0.1, 0.15) is 5.56 Å². The Morgan fingerprint density at radius 2 is 2.40 bits per heavy atom. The number of hydrogen-bond donors (Lipinski definition) is 2. The Hall–Kier alpha value is -2.35. The van der Waals surface area contributed by atoms with Gasteiger partial charge in [-0.05, 0) is 18.6 Å². The van der Waals surface area contributed by atoms with E-state index in [1.807, 2.05) is 25.4 Å². The second-order valence-electron chi connectivity index (χ2n) is 3.06. The Labute approximate surface area is 86.8 Å². The minimum absolute atomic E-state index is 0.319. The van der Waals surface area contributed by atoms with Crippen LogP contribution in [-0.4, -0.2) is 15.0 Å². The van der Waals surface area contributed by atoms with Crippen molar-refractivity contribution < 1.29 is 0 Å². The van der Waals surface area contributed by atoms with Gasteiger partial charge in [-0.3, -0.25) is 5.32 Å². The third kappa shape index (κ3) is 1.79. The molecule has 2 aromatic heterocycles. The Morgan fingerprint density at radius 1 is 1.53 bits per heavy atom. The second kappa shape index (κ2) is 3.80. The molecule has 2 aromatic rings. The molecule has 2 N–H and O–H groups in total. The van der Waals surface area contributed by atoms with Gasteiger partial charge in [0.25, 0.3) is 0 Å². The van der Waals surface area contributed by atoms with E-state index in [0.29, 0.717) is 5.95 Å². The largest absolute Gasteiger partial charge is 0.367 e. The quantitative estimate of drug-likeness (QED) is 0.569. The maximum absolute atomic E-state index is 8.46. The van der Waals surface area contributed by atoms with Crippen molar-refractivity contribution in [3.8, 4) is 17.5 Å². The molecule has 0 aromatic carbocycles. The lowest BCUT2D eigenvalue weighted by atomic mass is 10.1. The fourth-order valence-electron chi connectivity index (χ4n) is 1.32. The Kier molecular flexibility index (Phi) is 2.33. The molecule has 5 heteroatoms. The SMILES string of the molecule is Cc1cnc(NC#N)nc1-c1cc[nH]c1. The standard InChI is InChI=1S/C10H9N5/c1-7-4-13-10(14-6-11)15-9(7)8-2-3-12-5-8/h2-5,12H,1H3,(H,13,14,15). The molecular weight excluding hydrogens is 190 g/mol. The molecule has 0 unspecified atom stereocenters. The molecular formula is C10H9N5. The minimum Gasteiger partial charge on any atom is -0.367 e. The van der Waals surface area contributed by atoms with E-state index in [1.165, 1.54) is 0 Å². The molecule has 0 saturated carbocycles. The number of nitrogens with one attached hydrogen (secondary N) is 2. The number of nitrogens with zero attached hydrogens (tertiary/aromatic N) is 3. The van der Waals surface area contributed by atoms with Gasteiger partial charge in [-0.2, -0.15) is 5.26 Å². The van der Waals surface area contributed by atoms with Crippen LogP contribution in [0.15, 0.2) is 24.7 Å². The monoisotopic (exact) mass is 199 g/mol. The van der Waals surface area contributed by atoms with Gasteiger partial charge in [-0.25, -0.2) is 9.97 Å². The van der Waals surface area contributed by atoms with E-state index in [-0.39, 0.29) is 0 Å². The zero-order valence-corrected chi connectivity index (χ0v) is 8.15. The summed E-state index contributed by atoms with van der Waals surface area (Å²) in [4.78, 5) is 11.2. The second-order valence-corrected chi connectivity index (χ2v) is 3.06. The topological polar surface area (TPSA) is 77.4 Å². The Morgan fingerprint density at radius 3 is 3.07 bits per heavy atom. The van der Waals surface area contributed by atoms with Gasteiger partial charge < -0.3 is 4.98 Å². The highest BCUT2D eigenvalue weighted by Gasteiger charge is 2.06. The van der Waals surface area contributed by atoms with Crippen LogP contribution in [0.4, 0.5) is 5.95 Å². The molecule has 0 saturated heterocycles. The number of aryl methyl sites for hydroxylation is 1.